The van der Waals surface area contributed by atoms with E-state index in [2.05, 4.69) is 44.6 Å². The molecule has 4 heterocycles. The van der Waals surface area contributed by atoms with Crippen molar-refractivity contribution in [3.8, 4) is 11.3 Å². The van der Waals surface area contributed by atoms with Crippen LogP contribution < -0.4 is 4.90 Å². The Balaban J connectivity index is 0.000000604. The molecule has 0 bridgehead atoms. The lowest BCUT2D eigenvalue weighted by atomic mass is 9.81. The molecule has 0 atom stereocenters. The molecule has 6 nitrogen and oxygen atoms in total. The molecule has 0 radical (unpaired) electrons. The van der Waals surface area contributed by atoms with Gasteiger partial charge in [0.15, 0.2) is 0 Å². The summed E-state index contributed by atoms with van der Waals surface area (Å²) in [5.41, 5.74) is 4.26. The first-order chi connectivity index (χ1) is 13.7. The van der Waals surface area contributed by atoms with Gasteiger partial charge in [0.25, 0.3) is 0 Å². The summed E-state index contributed by atoms with van der Waals surface area (Å²) in [6, 6.07) is 12.1. The number of fused-ring (bicyclic) bond motifs is 2. The fraction of sp³-hybridized carbons (Fsp3) is 0.286. The number of rotatable bonds is 2. The number of anilines is 2. The van der Waals surface area contributed by atoms with E-state index >= 15 is 0 Å². The van der Waals surface area contributed by atoms with Crippen molar-refractivity contribution in [2.75, 3.05) is 31.3 Å². The van der Waals surface area contributed by atoms with E-state index in [1.165, 1.54) is 5.56 Å². The Labute approximate surface area is 169 Å². The maximum absolute atomic E-state index is 7.57. The average molecular weight is 395 g/mol. The Kier molecular flexibility index (Phi) is 5.30. The molecule has 2 aliphatic heterocycles. The molecule has 0 unspecified atom stereocenters. The van der Waals surface area contributed by atoms with Gasteiger partial charge in [0.05, 0.1) is 24.3 Å². The highest BCUT2D eigenvalue weighted by atomic mass is 32.1. The molecular weight excluding hydrogens is 372 g/mol. The third kappa shape index (κ3) is 3.37. The van der Waals surface area contributed by atoms with Gasteiger partial charge in [-0.1, -0.05) is 12.1 Å². The number of pyridine rings is 1. The monoisotopic (exact) mass is 394 g/mol. The van der Waals surface area contributed by atoms with Crippen molar-refractivity contribution >= 4 is 24.3 Å². The quantitative estimate of drug-likeness (QED) is 0.650. The van der Waals surface area contributed by atoms with Gasteiger partial charge < -0.3 is 14.7 Å². The third-order valence-corrected chi connectivity index (χ3v) is 5.18. The number of benzene rings is 1. The number of thiol groups is 1. The van der Waals surface area contributed by atoms with Gasteiger partial charge in [0.2, 0.25) is 5.95 Å². The molecule has 0 saturated carbocycles. The van der Waals surface area contributed by atoms with Crippen molar-refractivity contribution in [1.82, 2.24) is 15.0 Å². The molecule has 3 aromatic rings. The minimum Gasteiger partial charge on any atom is -0.397 e. The second-order valence-corrected chi connectivity index (χ2v) is 7.38. The van der Waals surface area contributed by atoms with Crippen molar-refractivity contribution in [2.45, 2.75) is 17.2 Å². The van der Waals surface area contributed by atoms with Gasteiger partial charge in [-0.15, -0.1) is 12.6 Å². The molecule has 144 valence electrons. The Morgan fingerprint density at radius 1 is 1.14 bits per heavy atom. The van der Waals surface area contributed by atoms with Gasteiger partial charge >= 0.3 is 0 Å². The largest absolute Gasteiger partial charge is 0.397 e. The number of hydrogen-bond donors (Lipinski definition) is 2. The van der Waals surface area contributed by atoms with E-state index in [1.54, 1.807) is 13.1 Å². The maximum atomic E-state index is 7.57. The lowest BCUT2D eigenvalue weighted by Crippen LogP contribution is -2.49. The normalized spacial score (nSPS) is 16.2. The molecule has 0 aliphatic carbocycles. The Hall–Kier alpha value is -2.48. The molecule has 2 aromatic heterocycles. The highest BCUT2D eigenvalue weighted by molar-refractivity contribution is 7.80. The molecule has 0 amide bonds. The van der Waals surface area contributed by atoms with Crippen LogP contribution in [0.5, 0.6) is 0 Å². The molecule has 1 spiro atoms. The number of nitrogens with zero attached hydrogens (tertiary/aromatic N) is 4. The van der Waals surface area contributed by atoms with E-state index in [0.29, 0.717) is 5.95 Å². The molecule has 2 aliphatic rings. The van der Waals surface area contributed by atoms with Crippen LogP contribution in [0.1, 0.15) is 12.5 Å². The summed E-state index contributed by atoms with van der Waals surface area (Å²) in [5.74, 6) is 0.698. The lowest BCUT2D eigenvalue weighted by molar-refractivity contribution is -0.0507. The zero-order valence-corrected chi connectivity index (χ0v) is 16.5. The lowest BCUT2D eigenvalue weighted by Gasteiger charge is -2.38. The molecular formula is C21H22N4O2S. The van der Waals surface area contributed by atoms with E-state index in [9.17, 15) is 0 Å². The van der Waals surface area contributed by atoms with Crippen LogP contribution in [0.4, 0.5) is 11.6 Å². The van der Waals surface area contributed by atoms with Crippen LogP contribution >= 0.6 is 12.6 Å². The molecule has 1 fully saturated rings. The van der Waals surface area contributed by atoms with Gasteiger partial charge in [-0.05, 0) is 36.8 Å². The number of aliphatic hydroxyl groups excluding tert-OH is 1. The Morgan fingerprint density at radius 3 is 2.50 bits per heavy atom. The third-order valence-electron chi connectivity index (χ3n) is 4.90. The number of ether oxygens (including phenoxy) is 1. The van der Waals surface area contributed by atoms with Crippen LogP contribution in [0.2, 0.25) is 0 Å². The van der Waals surface area contributed by atoms with E-state index in [-0.39, 0.29) is 12.0 Å². The smallest absolute Gasteiger partial charge is 0.229 e. The number of hydrogen-bond acceptors (Lipinski definition) is 7. The van der Waals surface area contributed by atoms with Crippen molar-refractivity contribution in [2.24, 2.45) is 0 Å². The van der Waals surface area contributed by atoms with Crippen molar-refractivity contribution in [3.05, 3.63) is 60.6 Å². The molecule has 1 N–H and O–H groups in total. The molecule has 7 heteroatoms. The zero-order chi connectivity index (χ0) is 19.6. The zero-order valence-electron chi connectivity index (χ0n) is 15.6. The van der Waals surface area contributed by atoms with Crippen LogP contribution in [0.15, 0.2) is 59.9 Å². The second kappa shape index (κ2) is 7.87. The van der Waals surface area contributed by atoms with E-state index in [0.717, 1.165) is 41.6 Å². The number of aromatic nitrogens is 3. The average Bonchev–Trinajstić information content (AvgIpc) is 3.04. The first-order valence-corrected chi connectivity index (χ1v) is 9.65. The fourth-order valence-electron chi connectivity index (χ4n) is 3.56. The maximum Gasteiger partial charge on any atom is 0.229 e. The van der Waals surface area contributed by atoms with Crippen molar-refractivity contribution in [3.63, 3.8) is 0 Å². The first-order valence-electron chi connectivity index (χ1n) is 9.20. The van der Waals surface area contributed by atoms with Crippen LogP contribution in [0, 0.1) is 0 Å². The molecule has 1 aromatic carbocycles. The van der Waals surface area contributed by atoms with E-state index in [1.807, 2.05) is 36.7 Å². The highest BCUT2D eigenvalue weighted by Crippen LogP contribution is 2.48. The fourth-order valence-corrected chi connectivity index (χ4v) is 3.76. The standard InChI is InChI=1S/C19H16N4OS.C2H6O/c25-14-4-5-15-17(7-14)23(10-19(15)11-24-12-19)18-21-8-13(9-22-18)16-3-1-2-6-20-16;1-2-3/h1-9,25H,10-12H2;3H,2H2,1H3. The summed E-state index contributed by atoms with van der Waals surface area (Å²) in [7, 11) is 0. The molecule has 28 heavy (non-hydrogen) atoms. The minimum absolute atomic E-state index is 0.0554. The van der Waals surface area contributed by atoms with Crippen molar-refractivity contribution in [1.29, 1.82) is 0 Å². The van der Waals surface area contributed by atoms with Gasteiger partial charge in [0, 0.05) is 47.9 Å². The summed E-state index contributed by atoms with van der Waals surface area (Å²) in [6.07, 6.45) is 5.43. The second-order valence-electron chi connectivity index (χ2n) is 6.86. The van der Waals surface area contributed by atoms with Gasteiger partial charge in [-0.25, -0.2) is 9.97 Å². The first kappa shape index (κ1) is 18.9. The SMILES string of the molecule is CCO.Sc1ccc2c(c1)N(c1ncc(-c3ccccn3)cn1)CC21COC1. The van der Waals surface area contributed by atoms with Crippen LogP contribution in [-0.2, 0) is 10.2 Å². The van der Waals surface area contributed by atoms with E-state index in [4.69, 9.17) is 9.84 Å². The van der Waals surface area contributed by atoms with Crippen LogP contribution in [0.25, 0.3) is 11.3 Å². The summed E-state index contributed by atoms with van der Waals surface area (Å²) >= 11 is 4.50. The van der Waals surface area contributed by atoms with Gasteiger partial charge in [-0.2, -0.15) is 0 Å². The summed E-state index contributed by atoms with van der Waals surface area (Å²) < 4.78 is 5.51. The van der Waals surface area contributed by atoms with Crippen molar-refractivity contribution < 1.29 is 9.84 Å². The molecule has 1 saturated heterocycles. The predicted octanol–water partition coefficient (Wildman–Crippen LogP) is 3.25. The summed E-state index contributed by atoms with van der Waals surface area (Å²) in [6.45, 7) is 4.26. The highest BCUT2D eigenvalue weighted by Gasteiger charge is 2.49. The van der Waals surface area contributed by atoms with Gasteiger partial charge in [0.1, 0.15) is 0 Å². The Morgan fingerprint density at radius 2 is 1.89 bits per heavy atom. The summed E-state index contributed by atoms with van der Waals surface area (Å²) in [4.78, 5) is 16.6. The van der Waals surface area contributed by atoms with Crippen LogP contribution in [-0.4, -0.2) is 46.4 Å². The van der Waals surface area contributed by atoms with Crippen LogP contribution in [0.3, 0.4) is 0 Å². The Bertz CT molecular complexity index is 946. The number of aliphatic hydroxyl groups is 1. The molecule has 5 rings (SSSR count). The minimum atomic E-state index is 0.0554. The van der Waals surface area contributed by atoms with Gasteiger partial charge in [-0.3, -0.25) is 4.98 Å². The van der Waals surface area contributed by atoms with E-state index < -0.39 is 0 Å². The topological polar surface area (TPSA) is 71.4 Å². The summed E-state index contributed by atoms with van der Waals surface area (Å²) in [5, 5.41) is 7.57. The predicted molar refractivity (Wildman–Crippen MR) is 111 cm³/mol.